The van der Waals surface area contributed by atoms with Gasteiger partial charge in [-0.15, -0.1) is 0 Å². The highest BCUT2D eigenvalue weighted by atomic mass is 19.3. The summed E-state index contributed by atoms with van der Waals surface area (Å²) in [4.78, 5) is 8.33. The topological polar surface area (TPSA) is 35.0 Å². The molecule has 21 heavy (non-hydrogen) atoms. The maximum absolute atomic E-state index is 12.3. The molecule has 1 heterocycles. The van der Waals surface area contributed by atoms with Crippen molar-refractivity contribution in [2.45, 2.75) is 13.5 Å². The number of aryl methyl sites for hydroxylation is 1. The summed E-state index contributed by atoms with van der Waals surface area (Å²) in [6, 6.07) is 13.5. The fraction of sp³-hybridized carbons (Fsp3) is 0.125. The molecule has 0 saturated heterocycles. The van der Waals surface area contributed by atoms with Gasteiger partial charge in [0.05, 0.1) is 17.2 Å². The summed E-state index contributed by atoms with van der Waals surface area (Å²) >= 11 is 0. The van der Waals surface area contributed by atoms with Crippen LogP contribution in [-0.2, 0) is 0 Å². The smallest absolute Gasteiger partial charge is 0.388 e. The normalized spacial score (nSPS) is 11.0. The summed E-state index contributed by atoms with van der Waals surface area (Å²) in [7, 11) is 0. The molecule has 106 valence electrons. The average Bonchev–Trinajstić information content (AvgIpc) is 2.46. The van der Waals surface area contributed by atoms with Crippen molar-refractivity contribution in [3.63, 3.8) is 0 Å². The number of halogens is 2. The van der Waals surface area contributed by atoms with Crippen molar-refractivity contribution in [3.05, 3.63) is 54.2 Å². The third-order valence-electron chi connectivity index (χ3n) is 3.06. The molecule has 2 aromatic carbocycles. The van der Waals surface area contributed by atoms with E-state index in [1.165, 1.54) is 6.20 Å². The Kier molecular flexibility index (Phi) is 3.48. The number of nitrogens with zero attached hydrogens (tertiary/aromatic N) is 2. The lowest BCUT2D eigenvalue weighted by Crippen LogP contribution is -2.04. The minimum Gasteiger partial charge on any atom is -0.415 e. The molecule has 0 fully saturated rings. The molecular weight excluding hydrogens is 274 g/mol. The van der Waals surface area contributed by atoms with E-state index >= 15 is 0 Å². The monoisotopic (exact) mass is 286 g/mol. The highest BCUT2D eigenvalue weighted by Crippen LogP contribution is 2.28. The number of benzene rings is 2. The maximum atomic E-state index is 12.3. The first kappa shape index (κ1) is 13.4. The summed E-state index contributed by atoms with van der Waals surface area (Å²) in [6.07, 6.45) is 1.22. The lowest BCUT2D eigenvalue weighted by Gasteiger charge is -2.09. The lowest BCUT2D eigenvalue weighted by atomic mass is 10.0. The number of hydrogen-bond donors (Lipinski definition) is 0. The number of hydrogen-bond acceptors (Lipinski definition) is 3. The summed E-state index contributed by atoms with van der Waals surface area (Å²) in [5.74, 6) is -0.179. The third-order valence-corrected chi connectivity index (χ3v) is 3.06. The van der Waals surface area contributed by atoms with Crippen LogP contribution < -0.4 is 4.74 Å². The van der Waals surface area contributed by atoms with Crippen LogP contribution >= 0.6 is 0 Å². The molecule has 3 aromatic rings. The lowest BCUT2D eigenvalue weighted by molar-refractivity contribution is -0.0528. The molecule has 0 bridgehead atoms. The van der Waals surface area contributed by atoms with Gasteiger partial charge in [0.1, 0.15) is 0 Å². The Morgan fingerprint density at radius 3 is 2.57 bits per heavy atom. The highest BCUT2D eigenvalue weighted by Gasteiger charge is 2.11. The van der Waals surface area contributed by atoms with E-state index in [0.29, 0.717) is 11.0 Å². The molecule has 0 atom stereocenters. The number of ether oxygens (including phenoxy) is 1. The number of aromatic nitrogens is 2. The molecule has 0 saturated carbocycles. The van der Waals surface area contributed by atoms with Gasteiger partial charge >= 0.3 is 6.61 Å². The second-order valence-corrected chi connectivity index (χ2v) is 4.63. The van der Waals surface area contributed by atoms with Crippen molar-refractivity contribution in [3.8, 4) is 17.0 Å². The summed E-state index contributed by atoms with van der Waals surface area (Å²) in [6.45, 7) is -0.982. The average molecular weight is 286 g/mol. The fourth-order valence-corrected chi connectivity index (χ4v) is 2.23. The number of alkyl halides is 2. The van der Waals surface area contributed by atoms with Gasteiger partial charge in [-0.25, -0.2) is 9.97 Å². The van der Waals surface area contributed by atoms with Gasteiger partial charge in [-0.1, -0.05) is 30.3 Å². The minimum absolute atomic E-state index is 0.179. The molecule has 3 nitrogen and oxygen atoms in total. The van der Waals surface area contributed by atoms with E-state index in [1.54, 1.807) is 6.07 Å². The zero-order chi connectivity index (χ0) is 14.8. The van der Waals surface area contributed by atoms with E-state index in [4.69, 9.17) is 0 Å². The van der Waals surface area contributed by atoms with Crippen LogP contribution in [0.1, 0.15) is 5.56 Å². The molecule has 0 aliphatic carbocycles. The molecule has 5 heteroatoms. The zero-order valence-corrected chi connectivity index (χ0v) is 11.3. The molecule has 0 spiro atoms. The van der Waals surface area contributed by atoms with Crippen LogP contribution in [0.4, 0.5) is 8.78 Å². The van der Waals surface area contributed by atoms with Gasteiger partial charge in [0, 0.05) is 5.56 Å². The Morgan fingerprint density at radius 2 is 1.86 bits per heavy atom. The van der Waals surface area contributed by atoms with Gasteiger partial charge < -0.3 is 4.74 Å². The van der Waals surface area contributed by atoms with Gasteiger partial charge in [0.2, 0.25) is 5.88 Å². The number of rotatable bonds is 3. The number of fused-ring (bicyclic) bond motifs is 1. The molecule has 1 aromatic heterocycles. The van der Waals surface area contributed by atoms with E-state index in [0.717, 1.165) is 16.7 Å². The van der Waals surface area contributed by atoms with E-state index in [2.05, 4.69) is 14.7 Å². The summed E-state index contributed by atoms with van der Waals surface area (Å²) in [5.41, 5.74) is 4.09. The molecule has 0 unspecified atom stereocenters. The fourth-order valence-electron chi connectivity index (χ4n) is 2.23. The van der Waals surface area contributed by atoms with Gasteiger partial charge in [0.15, 0.2) is 0 Å². The minimum atomic E-state index is -2.91. The van der Waals surface area contributed by atoms with Crippen molar-refractivity contribution in [2.75, 3.05) is 0 Å². The van der Waals surface area contributed by atoms with Gasteiger partial charge in [-0.3, -0.25) is 0 Å². The second kappa shape index (κ2) is 5.44. The van der Waals surface area contributed by atoms with Crippen LogP contribution in [0.15, 0.2) is 48.7 Å². The van der Waals surface area contributed by atoms with Crippen molar-refractivity contribution >= 4 is 11.0 Å². The first-order valence-electron chi connectivity index (χ1n) is 6.41. The maximum Gasteiger partial charge on any atom is 0.388 e. The zero-order valence-electron chi connectivity index (χ0n) is 11.3. The molecule has 0 aliphatic heterocycles. The SMILES string of the molecule is Cc1cc(-c2ccccc2)c2ncc(OC(F)F)nc2c1. The van der Waals surface area contributed by atoms with Crippen LogP contribution in [-0.4, -0.2) is 16.6 Å². The molecule has 0 radical (unpaired) electrons. The van der Waals surface area contributed by atoms with Crippen molar-refractivity contribution in [1.82, 2.24) is 9.97 Å². The van der Waals surface area contributed by atoms with Crippen LogP contribution in [0, 0.1) is 6.92 Å². The second-order valence-electron chi connectivity index (χ2n) is 4.63. The third kappa shape index (κ3) is 2.81. The van der Waals surface area contributed by atoms with E-state index in [9.17, 15) is 8.78 Å². The Bertz CT molecular complexity index is 776. The van der Waals surface area contributed by atoms with Crippen LogP contribution in [0.3, 0.4) is 0 Å². The predicted octanol–water partition coefficient (Wildman–Crippen LogP) is 4.21. The Morgan fingerprint density at radius 1 is 1.10 bits per heavy atom. The standard InChI is InChI=1S/C16H12F2N2O/c1-10-7-12(11-5-3-2-4-6-11)15-13(8-10)20-14(9-19-15)21-16(17)18/h2-9,16H,1H3. The molecular formula is C16H12F2N2O. The van der Waals surface area contributed by atoms with Crippen molar-refractivity contribution in [2.24, 2.45) is 0 Å². The molecule has 0 amide bonds. The molecule has 0 N–H and O–H groups in total. The van der Waals surface area contributed by atoms with E-state index < -0.39 is 6.61 Å². The van der Waals surface area contributed by atoms with Gasteiger partial charge in [-0.2, -0.15) is 8.78 Å². The first-order chi connectivity index (χ1) is 10.1. The Balaban J connectivity index is 2.18. The molecule has 3 rings (SSSR count). The van der Waals surface area contributed by atoms with Crippen LogP contribution in [0.5, 0.6) is 5.88 Å². The largest absolute Gasteiger partial charge is 0.415 e. The van der Waals surface area contributed by atoms with Gasteiger partial charge in [0.25, 0.3) is 0 Å². The Labute approximate surface area is 120 Å². The first-order valence-corrected chi connectivity index (χ1v) is 6.41. The summed E-state index contributed by atoms with van der Waals surface area (Å²) in [5, 5.41) is 0. The van der Waals surface area contributed by atoms with Crippen LogP contribution in [0.25, 0.3) is 22.2 Å². The summed E-state index contributed by atoms with van der Waals surface area (Å²) < 4.78 is 28.8. The van der Waals surface area contributed by atoms with Crippen molar-refractivity contribution in [1.29, 1.82) is 0 Å². The van der Waals surface area contributed by atoms with E-state index in [1.807, 2.05) is 43.3 Å². The van der Waals surface area contributed by atoms with Crippen LogP contribution in [0.2, 0.25) is 0 Å². The van der Waals surface area contributed by atoms with Crippen molar-refractivity contribution < 1.29 is 13.5 Å². The Hall–Kier alpha value is -2.56. The molecule has 0 aliphatic rings. The quantitative estimate of drug-likeness (QED) is 0.723. The van der Waals surface area contributed by atoms with E-state index in [-0.39, 0.29) is 5.88 Å². The predicted molar refractivity (Wildman–Crippen MR) is 76.3 cm³/mol. The van der Waals surface area contributed by atoms with Gasteiger partial charge in [-0.05, 0) is 30.2 Å². The highest BCUT2D eigenvalue weighted by molar-refractivity contribution is 5.92.